The molecule has 1 N–H and O–H groups in total. The largest absolute Gasteiger partial charge is 0.393 e. The summed E-state index contributed by atoms with van der Waals surface area (Å²) < 4.78 is 0. The van der Waals surface area contributed by atoms with Crippen molar-refractivity contribution in [2.45, 2.75) is 45.6 Å². The summed E-state index contributed by atoms with van der Waals surface area (Å²) in [5.74, 6) is 0. The molecule has 0 aromatic rings. The lowest BCUT2D eigenvalue weighted by Crippen LogP contribution is -2.04. The van der Waals surface area contributed by atoms with E-state index in [1.807, 2.05) is 13.0 Å². The van der Waals surface area contributed by atoms with Crippen LogP contribution in [0.1, 0.15) is 39.5 Å². The summed E-state index contributed by atoms with van der Waals surface area (Å²) in [7, 11) is 0. The van der Waals surface area contributed by atoms with Crippen LogP contribution in [0.15, 0.2) is 12.2 Å². The van der Waals surface area contributed by atoms with Gasteiger partial charge in [-0.3, -0.25) is 0 Å². The monoisotopic (exact) mass is 142 g/mol. The van der Waals surface area contributed by atoms with Gasteiger partial charge in [-0.25, -0.2) is 0 Å². The first-order valence-corrected chi connectivity index (χ1v) is 4.10. The number of hydrogen-bond acceptors (Lipinski definition) is 1. The molecule has 0 heterocycles. The summed E-state index contributed by atoms with van der Waals surface area (Å²) in [5, 5.41) is 9.24. The molecule has 0 aromatic carbocycles. The van der Waals surface area contributed by atoms with E-state index >= 15 is 0 Å². The normalized spacial score (nSPS) is 14.3. The fourth-order valence-corrected chi connectivity index (χ4v) is 0.933. The molecule has 0 spiro atoms. The highest BCUT2D eigenvalue weighted by Crippen LogP contribution is 2.04. The fourth-order valence-electron chi connectivity index (χ4n) is 0.933. The van der Waals surface area contributed by atoms with Crippen LogP contribution in [0.25, 0.3) is 0 Å². The lowest BCUT2D eigenvalue weighted by atomic mass is 10.1. The van der Waals surface area contributed by atoms with E-state index in [0.29, 0.717) is 0 Å². The predicted octanol–water partition coefficient (Wildman–Crippen LogP) is 2.50. The van der Waals surface area contributed by atoms with Gasteiger partial charge in [0.2, 0.25) is 0 Å². The predicted molar refractivity (Wildman–Crippen MR) is 45.0 cm³/mol. The van der Waals surface area contributed by atoms with Crippen molar-refractivity contribution in [1.29, 1.82) is 0 Å². The Labute approximate surface area is 63.8 Å². The summed E-state index contributed by atoms with van der Waals surface area (Å²) >= 11 is 0. The van der Waals surface area contributed by atoms with Crippen molar-refractivity contribution in [3.8, 4) is 0 Å². The zero-order chi connectivity index (χ0) is 7.82. The van der Waals surface area contributed by atoms with Crippen LogP contribution in [-0.2, 0) is 0 Å². The van der Waals surface area contributed by atoms with Crippen LogP contribution in [0.5, 0.6) is 0 Å². The van der Waals surface area contributed by atoms with Crippen molar-refractivity contribution in [3.63, 3.8) is 0 Å². The minimum absolute atomic E-state index is 0.0822. The van der Waals surface area contributed by atoms with E-state index in [-0.39, 0.29) is 6.10 Å². The van der Waals surface area contributed by atoms with E-state index in [4.69, 9.17) is 0 Å². The van der Waals surface area contributed by atoms with Crippen molar-refractivity contribution in [3.05, 3.63) is 12.2 Å². The van der Waals surface area contributed by atoms with Gasteiger partial charge in [0.15, 0.2) is 0 Å². The summed E-state index contributed by atoms with van der Waals surface area (Å²) in [6, 6.07) is 0. The molecule has 0 aliphatic rings. The standard InChI is InChI=1S/C9H18O/c1-3-5-6-8-9(10)7-4-2/h3,5,9-10H,4,6-8H2,1-2H3. The molecule has 0 radical (unpaired) electrons. The summed E-state index contributed by atoms with van der Waals surface area (Å²) in [6.45, 7) is 4.10. The molecule has 60 valence electrons. The van der Waals surface area contributed by atoms with Gasteiger partial charge in [-0.05, 0) is 26.2 Å². The second kappa shape index (κ2) is 6.81. The molecule has 0 saturated carbocycles. The maximum Gasteiger partial charge on any atom is 0.0543 e. The molecule has 0 aromatic heterocycles. The number of rotatable bonds is 5. The topological polar surface area (TPSA) is 20.2 Å². The molecule has 0 aliphatic carbocycles. The summed E-state index contributed by atoms with van der Waals surface area (Å²) in [5.41, 5.74) is 0. The van der Waals surface area contributed by atoms with Gasteiger partial charge in [-0.2, -0.15) is 0 Å². The maximum atomic E-state index is 9.24. The maximum absolute atomic E-state index is 9.24. The number of allylic oxidation sites excluding steroid dienone is 2. The second-order valence-electron chi connectivity index (χ2n) is 2.59. The van der Waals surface area contributed by atoms with Crippen LogP contribution in [-0.4, -0.2) is 11.2 Å². The zero-order valence-electron chi connectivity index (χ0n) is 7.01. The molecular formula is C9H18O. The van der Waals surface area contributed by atoms with Crippen LogP contribution in [0.3, 0.4) is 0 Å². The first kappa shape index (κ1) is 9.70. The molecule has 0 bridgehead atoms. The molecule has 0 fully saturated rings. The Morgan fingerprint density at radius 2 is 2.10 bits per heavy atom. The van der Waals surface area contributed by atoms with Gasteiger partial charge < -0.3 is 5.11 Å². The number of aliphatic hydroxyl groups excluding tert-OH is 1. The van der Waals surface area contributed by atoms with Crippen molar-refractivity contribution in [2.24, 2.45) is 0 Å². The van der Waals surface area contributed by atoms with Crippen LogP contribution >= 0.6 is 0 Å². The number of aliphatic hydroxyl groups is 1. The minimum Gasteiger partial charge on any atom is -0.393 e. The fraction of sp³-hybridized carbons (Fsp3) is 0.778. The van der Waals surface area contributed by atoms with Crippen LogP contribution in [0.2, 0.25) is 0 Å². The van der Waals surface area contributed by atoms with E-state index < -0.39 is 0 Å². The van der Waals surface area contributed by atoms with Crippen molar-refractivity contribution >= 4 is 0 Å². The third-order valence-electron chi connectivity index (χ3n) is 1.52. The van der Waals surface area contributed by atoms with E-state index in [9.17, 15) is 5.11 Å². The van der Waals surface area contributed by atoms with Crippen LogP contribution in [0, 0.1) is 0 Å². The SMILES string of the molecule is CC=CCCC(O)CCC. The summed E-state index contributed by atoms with van der Waals surface area (Å²) in [4.78, 5) is 0. The van der Waals surface area contributed by atoms with Gasteiger partial charge >= 0.3 is 0 Å². The first-order chi connectivity index (χ1) is 4.81. The van der Waals surface area contributed by atoms with Gasteiger partial charge in [0.05, 0.1) is 6.10 Å². The Morgan fingerprint density at radius 1 is 1.40 bits per heavy atom. The smallest absolute Gasteiger partial charge is 0.0543 e. The van der Waals surface area contributed by atoms with E-state index in [1.54, 1.807) is 0 Å². The highest BCUT2D eigenvalue weighted by Gasteiger charge is 1.98. The van der Waals surface area contributed by atoms with E-state index in [2.05, 4.69) is 13.0 Å². The lowest BCUT2D eigenvalue weighted by Gasteiger charge is -2.05. The third-order valence-corrected chi connectivity index (χ3v) is 1.52. The third kappa shape index (κ3) is 5.83. The lowest BCUT2D eigenvalue weighted by molar-refractivity contribution is 0.155. The highest BCUT2D eigenvalue weighted by molar-refractivity contribution is 4.77. The van der Waals surface area contributed by atoms with Crippen molar-refractivity contribution in [1.82, 2.24) is 0 Å². The van der Waals surface area contributed by atoms with Crippen LogP contribution in [0.4, 0.5) is 0 Å². The molecular weight excluding hydrogens is 124 g/mol. The molecule has 1 unspecified atom stereocenters. The Morgan fingerprint density at radius 3 is 2.60 bits per heavy atom. The minimum atomic E-state index is -0.0822. The van der Waals surface area contributed by atoms with Gasteiger partial charge in [-0.1, -0.05) is 25.5 Å². The zero-order valence-corrected chi connectivity index (χ0v) is 7.01. The van der Waals surface area contributed by atoms with Crippen molar-refractivity contribution < 1.29 is 5.11 Å². The molecule has 10 heavy (non-hydrogen) atoms. The molecule has 1 heteroatoms. The Kier molecular flexibility index (Phi) is 6.61. The Bertz CT molecular complexity index is 86.7. The molecule has 0 rings (SSSR count). The molecule has 1 atom stereocenters. The second-order valence-corrected chi connectivity index (χ2v) is 2.59. The Hall–Kier alpha value is -0.300. The quantitative estimate of drug-likeness (QED) is 0.585. The van der Waals surface area contributed by atoms with Crippen LogP contribution < -0.4 is 0 Å². The van der Waals surface area contributed by atoms with E-state index in [0.717, 1.165) is 25.7 Å². The average Bonchev–Trinajstić information content (AvgIpc) is 1.89. The Balaban J connectivity index is 3.12. The summed E-state index contributed by atoms with van der Waals surface area (Å²) in [6.07, 6.45) is 7.99. The van der Waals surface area contributed by atoms with Gasteiger partial charge in [0, 0.05) is 0 Å². The average molecular weight is 142 g/mol. The highest BCUT2D eigenvalue weighted by atomic mass is 16.3. The molecule has 0 amide bonds. The number of hydrogen-bond donors (Lipinski definition) is 1. The van der Waals surface area contributed by atoms with E-state index in [1.165, 1.54) is 0 Å². The molecule has 0 aliphatic heterocycles. The van der Waals surface area contributed by atoms with Gasteiger partial charge in [0.25, 0.3) is 0 Å². The van der Waals surface area contributed by atoms with Gasteiger partial charge in [-0.15, -0.1) is 0 Å². The first-order valence-electron chi connectivity index (χ1n) is 4.10. The van der Waals surface area contributed by atoms with Gasteiger partial charge in [0.1, 0.15) is 0 Å². The molecule has 0 saturated heterocycles. The molecule has 1 nitrogen and oxygen atoms in total. The van der Waals surface area contributed by atoms with Crippen molar-refractivity contribution in [2.75, 3.05) is 0 Å².